The van der Waals surface area contributed by atoms with E-state index >= 15 is 0 Å². The quantitative estimate of drug-likeness (QED) is 0.386. The van der Waals surface area contributed by atoms with Crippen molar-refractivity contribution in [3.63, 3.8) is 0 Å². The highest BCUT2D eigenvalue weighted by atomic mass is 16.8. The van der Waals surface area contributed by atoms with Crippen molar-refractivity contribution in [3.05, 3.63) is 97.1 Å². The van der Waals surface area contributed by atoms with Crippen molar-refractivity contribution >= 4 is 0 Å². The third-order valence-electron chi connectivity index (χ3n) is 3.52. The van der Waals surface area contributed by atoms with Gasteiger partial charge in [0, 0.05) is 7.11 Å². The maximum Gasteiger partial charge on any atom is 0.195 e. The molecule has 0 saturated carbocycles. The first kappa shape index (κ1) is 17.2. The molecule has 0 spiro atoms. The highest BCUT2D eigenvalue weighted by molar-refractivity contribution is 5.23. The molecule has 0 aromatic heterocycles. The summed E-state index contributed by atoms with van der Waals surface area (Å²) in [6.07, 6.45) is 2.99. The Morgan fingerprint density at radius 2 is 1.57 bits per heavy atom. The lowest BCUT2D eigenvalue weighted by Crippen LogP contribution is -2.32. The number of ether oxygens (including phenoxy) is 1. The average molecular weight is 309 g/mol. The molecule has 0 heterocycles. The summed E-state index contributed by atoms with van der Waals surface area (Å²) in [5.74, 6) is 0. The van der Waals surface area contributed by atoms with E-state index in [1.807, 2.05) is 47.5 Å². The van der Waals surface area contributed by atoms with Crippen molar-refractivity contribution in [1.29, 1.82) is 0 Å². The third-order valence-corrected chi connectivity index (χ3v) is 3.52. The van der Waals surface area contributed by atoms with Gasteiger partial charge in [0.1, 0.15) is 0 Å². The van der Waals surface area contributed by atoms with E-state index in [1.165, 1.54) is 0 Å². The van der Waals surface area contributed by atoms with Gasteiger partial charge in [0.05, 0.1) is 12.6 Å². The maximum absolute atomic E-state index is 5.98. The second-order valence-corrected chi connectivity index (χ2v) is 5.10. The molecule has 2 atom stereocenters. The summed E-state index contributed by atoms with van der Waals surface area (Å²) in [4.78, 5) is 5.98. The fourth-order valence-electron chi connectivity index (χ4n) is 2.35. The topological polar surface area (TPSA) is 21.7 Å². The van der Waals surface area contributed by atoms with Gasteiger partial charge >= 0.3 is 0 Å². The molecule has 2 aromatic rings. The monoisotopic (exact) mass is 309 g/mol. The van der Waals surface area contributed by atoms with Crippen LogP contribution in [-0.4, -0.2) is 18.5 Å². The van der Waals surface area contributed by atoms with E-state index in [2.05, 4.69) is 37.4 Å². The third kappa shape index (κ3) is 4.89. The zero-order valence-electron chi connectivity index (χ0n) is 13.5. The summed E-state index contributed by atoms with van der Waals surface area (Å²) in [6.45, 7) is 8.33. The zero-order valence-corrected chi connectivity index (χ0v) is 13.5. The number of benzene rings is 2. The van der Waals surface area contributed by atoms with Gasteiger partial charge in [0.25, 0.3) is 0 Å². The fraction of sp³-hybridized carbons (Fsp3) is 0.200. The molecule has 2 rings (SSSR count). The average Bonchev–Trinajstić information content (AvgIpc) is 2.61. The molecular formula is C20H23NO2. The molecule has 0 bridgehead atoms. The Morgan fingerprint density at radius 1 is 0.957 bits per heavy atom. The minimum atomic E-state index is -0.509. The molecule has 0 aliphatic carbocycles. The smallest absolute Gasteiger partial charge is 0.195 e. The van der Waals surface area contributed by atoms with Crippen molar-refractivity contribution in [2.45, 2.75) is 18.9 Å². The van der Waals surface area contributed by atoms with Crippen molar-refractivity contribution in [2.75, 3.05) is 7.11 Å². The Bertz CT molecular complexity index is 598. The largest absolute Gasteiger partial charge is 0.351 e. The molecule has 2 unspecified atom stereocenters. The van der Waals surface area contributed by atoms with Gasteiger partial charge in [-0.05, 0) is 17.2 Å². The maximum atomic E-state index is 5.98. The number of nitrogens with zero attached hydrogens (tertiary/aromatic N) is 1. The van der Waals surface area contributed by atoms with Gasteiger partial charge in [0.15, 0.2) is 6.29 Å². The van der Waals surface area contributed by atoms with Crippen LogP contribution in [0.5, 0.6) is 0 Å². The minimum Gasteiger partial charge on any atom is -0.351 e. The summed E-state index contributed by atoms with van der Waals surface area (Å²) in [6, 6.07) is 20.2. The van der Waals surface area contributed by atoms with E-state index in [9.17, 15) is 0 Å². The molecule has 0 fully saturated rings. The van der Waals surface area contributed by atoms with E-state index in [4.69, 9.17) is 9.57 Å². The van der Waals surface area contributed by atoms with E-state index in [1.54, 1.807) is 13.2 Å². The van der Waals surface area contributed by atoms with Crippen LogP contribution in [0.1, 0.15) is 17.2 Å². The molecule has 3 heteroatoms. The first-order valence-electron chi connectivity index (χ1n) is 7.58. The lowest BCUT2D eigenvalue weighted by atomic mass is 10.1. The van der Waals surface area contributed by atoms with Crippen LogP contribution in [0.2, 0.25) is 0 Å². The van der Waals surface area contributed by atoms with Crippen LogP contribution in [0.25, 0.3) is 0 Å². The summed E-state index contributed by atoms with van der Waals surface area (Å²) < 4.78 is 5.28. The Balaban J connectivity index is 2.26. The normalized spacial score (nSPS) is 13.5. The summed E-state index contributed by atoms with van der Waals surface area (Å²) >= 11 is 0. The molecule has 0 aliphatic rings. The fourth-order valence-corrected chi connectivity index (χ4v) is 2.35. The Kier molecular flexibility index (Phi) is 6.76. The van der Waals surface area contributed by atoms with E-state index < -0.39 is 6.29 Å². The first-order chi connectivity index (χ1) is 11.3. The highest BCUT2D eigenvalue weighted by Gasteiger charge is 2.21. The van der Waals surface area contributed by atoms with Crippen LogP contribution >= 0.6 is 0 Å². The van der Waals surface area contributed by atoms with Gasteiger partial charge < -0.3 is 4.74 Å². The van der Waals surface area contributed by atoms with Crippen LogP contribution in [0.15, 0.2) is 86.0 Å². The minimum absolute atomic E-state index is 0.0889. The zero-order chi connectivity index (χ0) is 16.5. The number of rotatable bonds is 9. The molecule has 120 valence electrons. The molecule has 0 radical (unpaired) electrons. The molecule has 0 N–H and O–H groups in total. The summed E-state index contributed by atoms with van der Waals surface area (Å²) in [5, 5.41) is 1.87. The predicted molar refractivity (Wildman–Crippen MR) is 93.4 cm³/mol. The molecule has 3 nitrogen and oxygen atoms in total. The van der Waals surface area contributed by atoms with Crippen LogP contribution in [0.3, 0.4) is 0 Å². The standard InChI is InChI=1S/C20H23NO2/c1-4-19(18-14-10-7-11-15-18)21(23-20(5-2)22-3)16-17-12-8-6-9-13-17/h4-15,19-20H,1-2,16H2,3H3. The summed E-state index contributed by atoms with van der Waals surface area (Å²) in [7, 11) is 1.60. The molecule has 0 saturated heterocycles. The van der Waals surface area contributed by atoms with Crippen LogP contribution < -0.4 is 0 Å². The van der Waals surface area contributed by atoms with Gasteiger partial charge in [-0.1, -0.05) is 73.3 Å². The van der Waals surface area contributed by atoms with E-state index in [0.29, 0.717) is 6.54 Å². The van der Waals surface area contributed by atoms with Gasteiger partial charge in [-0.15, -0.1) is 6.58 Å². The summed E-state index contributed by atoms with van der Waals surface area (Å²) in [5.41, 5.74) is 2.26. The van der Waals surface area contributed by atoms with Gasteiger partial charge in [0.2, 0.25) is 0 Å². The van der Waals surface area contributed by atoms with Crippen molar-refractivity contribution in [2.24, 2.45) is 0 Å². The predicted octanol–water partition coefficient (Wildman–Crippen LogP) is 4.51. The number of hydrogen-bond donors (Lipinski definition) is 0. The Hall–Kier alpha value is -2.20. The SMILES string of the molecule is C=CC(OC)ON(Cc1ccccc1)C(C=C)c1ccccc1. The van der Waals surface area contributed by atoms with Crippen molar-refractivity contribution in [3.8, 4) is 0 Å². The number of hydroxylamine groups is 2. The van der Waals surface area contributed by atoms with Gasteiger partial charge in [-0.2, -0.15) is 5.06 Å². The molecule has 23 heavy (non-hydrogen) atoms. The molecule has 2 aromatic carbocycles. The van der Waals surface area contributed by atoms with Crippen LogP contribution in [0.4, 0.5) is 0 Å². The van der Waals surface area contributed by atoms with E-state index in [0.717, 1.165) is 11.1 Å². The van der Waals surface area contributed by atoms with Crippen LogP contribution in [-0.2, 0) is 16.1 Å². The number of methoxy groups -OCH3 is 1. The van der Waals surface area contributed by atoms with Crippen molar-refractivity contribution < 1.29 is 9.57 Å². The first-order valence-corrected chi connectivity index (χ1v) is 7.58. The van der Waals surface area contributed by atoms with Gasteiger partial charge in [-0.3, -0.25) is 4.84 Å². The Morgan fingerprint density at radius 3 is 2.09 bits per heavy atom. The molecule has 0 amide bonds. The van der Waals surface area contributed by atoms with Crippen molar-refractivity contribution in [1.82, 2.24) is 5.06 Å². The number of hydrogen-bond acceptors (Lipinski definition) is 3. The second kappa shape index (κ2) is 9.06. The molecule has 0 aliphatic heterocycles. The highest BCUT2D eigenvalue weighted by Crippen LogP contribution is 2.25. The Labute approximate surface area is 138 Å². The second-order valence-electron chi connectivity index (χ2n) is 5.10. The van der Waals surface area contributed by atoms with Crippen LogP contribution in [0, 0.1) is 0 Å². The van der Waals surface area contributed by atoms with Gasteiger partial charge in [-0.25, -0.2) is 0 Å². The lowest BCUT2D eigenvalue weighted by Gasteiger charge is -2.31. The molecular weight excluding hydrogens is 286 g/mol. The lowest BCUT2D eigenvalue weighted by molar-refractivity contribution is -0.272. The van der Waals surface area contributed by atoms with E-state index in [-0.39, 0.29) is 6.04 Å².